The molecular formula is C14H14ClNO2. The average Bonchev–Trinajstić information content (AvgIpc) is 2.88. The maximum Gasteiger partial charge on any atom is 0.287 e. The summed E-state index contributed by atoms with van der Waals surface area (Å²) in [6.45, 7) is 1.93. The fourth-order valence-electron chi connectivity index (χ4n) is 1.66. The number of benzene rings is 1. The molecule has 0 aliphatic heterocycles. The van der Waals surface area contributed by atoms with Crippen LogP contribution in [-0.2, 0) is 5.88 Å². The summed E-state index contributed by atoms with van der Waals surface area (Å²) in [5, 5.41) is 2.87. The lowest BCUT2D eigenvalue weighted by molar-refractivity contribution is 0.0910. The van der Waals surface area contributed by atoms with Crippen LogP contribution in [0.25, 0.3) is 0 Å². The SMILES string of the molecule is CC(NC(=O)c1ccc(CCl)o1)c1ccccc1. The summed E-state index contributed by atoms with van der Waals surface area (Å²) < 4.78 is 5.29. The van der Waals surface area contributed by atoms with Gasteiger partial charge in [-0.1, -0.05) is 30.3 Å². The molecule has 1 amide bonds. The normalized spacial score (nSPS) is 12.1. The van der Waals surface area contributed by atoms with Gasteiger partial charge >= 0.3 is 0 Å². The molecule has 1 aromatic heterocycles. The molecule has 0 bridgehead atoms. The Labute approximate surface area is 111 Å². The first-order valence-electron chi connectivity index (χ1n) is 5.71. The van der Waals surface area contributed by atoms with Gasteiger partial charge in [-0.3, -0.25) is 4.79 Å². The van der Waals surface area contributed by atoms with Gasteiger partial charge in [0.15, 0.2) is 5.76 Å². The Morgan fingerprint density at radius 3 is 2.61 bits per heavy atom. The Hall–Kier alpha value is -1.74. The lowest BCUT2D eigenvalue weighted by atomic mass is 10.1. The van der Waals surface area contributed by atoms with Crippen molar-refractivity contribution in [3.05, 3.63) is 59.5 Å². The molecule has 0 radical (unpaired) electrons. The van der Waals surface area contributed by atoms with Crippen molar-refractivity contribution in [2.24, 2.45) is 0 Å². The molecule has 0 aliphatic rings. The molecule has 2 rings (SSSR count). The van der Waals surface area contributed by atoms with Crippen molar-refractivity contribution in [3.63, 3.8) is 0 Å². The Bertz CT molecular complexity index is 522. The van der Waals surface area contributed by atoms with Crippen molar-refractivity contribution in [2.45, 2.75) is 18.8 Å². The van der Waals surface area contributed by atoms with Crippen LogP contribution in [0.1, 0.15) is 34.8 Å². The summed E-state index contributed by atoms with van der Waals surface area (Å²) in [4.78, 5) is 11.9. The first kappa shape index (κ1) is 12.7. The molecule has 94 valence electrons. The quantitative estimate of drug-likeness (QED) is 0.858. The molecule has 4 heteroatoms. The van der Waals surface area contributed by atoms with Crippen LogP contribution in [0.4, 0.5) is 0 Å². The van der Waals surface area contributed by atoms with E-state index in [1.165, 1.54) is 0 Å². The predicted molar refractivity (Wildman–Crippen MR) is 70.6 cm³/mol. The van der Waals surface area contributed by atoms with Gasteiger partial charge in [-0.2, -0.15) is 0 Å². The molecule has 1 unspecified atom stereocenters. The van der Waals surface area contributed by atoms with E-state index in [4.69, 9.17) is 16.0 Å². The van der Waals surface area contributed by atoms with Crippen molar-refractivity contribution in [1.29, 1.82) is 0 Å². The van der Waals surface area contributed by atoms with Crippen LogP contribution in [0.2, 0.25) is 0 Å². The zero-order valence-corrected chi connectivity index (χ0v) is 10.8. The molecule has 1 N–H and O–H groups in total. The number of hydrogen-bond acceptors (Lipinski definition) is 2. The van der Waals surface area contributed by atoms with Crippen molar-refractivity contribution in [3.8, 4) is 0 Å². The van der Waals surface area contributed by atoms with E-state index in [0.29, 0.717) is 5.76 Å². The van der Waals surface area contributed by atoms with Gasteiger partial charge in [-0.05, 0) is 24.6 Å². The molecule has 18 heavy (non-hydrogen) atoms. The minimum Gasteiger partial charge on any atom is -0.455 e. The Kier molecular flexibility index (Phi) is 4.05. The first-order chi connectivity index (χ1) is 8.70. The monoisotopic (exact) mass is 263 g/mol. The molecule has 1 heterocycles. The van der Waals surface area contributed by atoms with E-state index >= 15 is 0 Å². The number of furan rings is 1. The molecule has 0 saturated carbocycles. The van der Waals surface area contributed by atoms with E-state index in [2.05, 4.69) is 5.32 Å². The van der Waals surface area contributed by atoms with Gasteiger partial charge in [0.2, 0.25) is 0 Å². The van der Waals surface area contributed by atoms with Crippen molar-refractivity contribution >= 4 is 17.5 Å². The molecule has 0 spiro atoms. The highest BCUT2D eigenvalue weighted by molar-refractivity contribution is 6.16. The third kappa shape index (κ3) is 2.93. The number of hydrogen-bond donors (Lipinski definition) is 1. The smallest absolute Gasteiger partial charge is 0.287 e. The van der Waals surface area contributed by atoms with Gasteiger partial charge in [0, 0.05) is 0 Å². The van der Waals surface area contributed by atoms with E-state index < -0.39 is 0 Å². The minimum absolute atomic E-state index is 0.0664. The third-order valence-corrected chi connectivity index (χ3v) is 2.93. The highest BCUT2D eigenvalue weighted by Crippen LogP contribution is 2.14. The van der Waals surface area contributed by atoms with Crippen molar-refractivity contribution in [1.82, 2.24) is 5.32 Å². The number of nitrogens with one attached hydrogen (secondary N) is 1. The first-order valence-corrected chi connectivity index (χ1v) is 6.24. The van der Waals surface area contributed by atoms with Crippen LogP contribution >= 0.6 is 11.6 Å². The van der Waals surface area contributed by atoms with Gasteiger partial charge in [0.1, 0.15) is 5.76 Å². The molecular weight excluding hydrogens is 250 g/mol. The van der Waals surface area contributed by atoms with Gasteiger partial charge in [-0.15, -0.1) is 11.6 Å². The summed E-state index contributed by atoms with van der Waals surface area (Å²) >= 11 is 5.62. The number of alkyl halides is 1. The van der Waals surface area contributed by atoms with Crippen LogP contribution in [0.5, 0.6) is 0 Å². The number of rotatable bonds is 4. The lowest BCUT2D eigenvalue weighted by Crippen LogP contribution is -2.26. The molecule has 0 aliphatic carbocycles. The summed E-state index contributed by atoms with van der Waals surface area (Å²) in [5.41, 5.74) is 1.05. The van der Waals surface area contributed by atoms with Crippen LogP contribution in [0, 0.1) is 0 Å². The fraction of sp³-hybridized carbons (Fsp3) is 0.214. The van der Waals surface area contributed by atoms with Gasteiger partial charge < -0.3 is 9.73 Å². The summed E-state index contributed by atoms with van der Waals surface area (Å²) in [6.07, 6.45) is 0. The topological polar surface area (TPSA) is 42.2 Å². The lowest BCUT2D eigenvalue weighted by Gasteiger charge is -2.12. The van der Waals surface area contributed by atoms with Gasteiger partial charge in [0.25, 0.3) is 5.91 Å². The maximum absolute atomic E-state index is 11.9. The Morgan fingerprint density at radius 2 is 2.00 bits per heavy atom. The van der Waals surface area contributed by atoms with Crippen LogP contribution in [-0.4, -0.2) is 5.91 Å². The van der Waals surface area contributed by atoms with Crippen LogP contribution in [0.15, 0.2) is 46.9 Å². The summed E-state index contributed by atoms with van der Waals surface area (Å²) in [7, 11) is 0. The molecule has 1 atom stereocenters. The van der Waals surface area contributed by atoms with Gasteiger partial charge in [-0.25, -0.2) is 0 Å². The van der Waals surface area contributed by atoms with Crippen LogP contribution in [0.3, 0.4) is 0 Å². The third-order valence-electron chi connectivity index (χ3n) is 2.66. The van der Waals surface area contributed by atoms with E-state index in [1.54, 1.807) is 12.1 Å². The molecule has 0 fully saturated rings. The predicted octanol–water partition coefficient (Wildman–Crippen LogP) is 3.51. The average molecular weight is 264 g/mol. The molecule has 3 nitrogen and oxygen atoms in total. The van der Waals surface area contributed by atoms with Crippen molar-refractivity contribution < 1.29 is 9.21 Å². The zero-order chi connectivity index (χ0) is 13.0. The summed E-state index contributed by atoms with van der Waals surface area (Å²) in [5.74, 6) is 0.909. The second kappa shape index (κ2) is 5.74. The molecule has 0 saturated heterocycles. The Balaban J connectivity index is 2.03. The van der Waals surface area contributed by atoms with E-state index in [-0.39, 0.29) is 23.6 Å². The fourth-order valence-corrected chi connectivity index (χ4v) is 1.81. The van der Waals surface area contributed by atoms with Crippen molar-refractivity contribution in [2.75, 3.05) is 0 Å². The van der Waals surface area contributed by atoms with E-state index in [0.717, 1.165) is 5.56 Å². The number of carbonyl (C=O) groups is 1. The second-order valence-corrected chi connectivity index (χ2v) is 4.27. The molecule has 2 aromatic rings. The number of halogens is 1. The van der Waals surface area contributed by atoms with Crippen LogP contribution < -0.4 is 5.32 Å². The van der Waals surface area contributed by atoms with E-state index in [1.807, 2.05) is 37.3 Å². The maximum atomic E-state index is 11.9. The highest BCUT2D eigenvalue weighted by Gasteiger charge is 2.14. The molecule has 1 aromatic carbocycles. The standard InChI is InChI=1S/C14H14ClNO2/c1-10(11-5-3-2-4-6-11)16-14(17)13-8-7-12(9-15)18-13/h2-8,10H,9H2,1H3,(H,16,17). The van der Waals surface area contributed by atoms with Gasteiger partial charge in [0.05, 0.1) is 11.9 Å². The largest absolute Gasteiger partial charge is 0.455 e. The zero-order valence-electron chi connectivity index (χ0n) is 10.0. The second-order valence-electron chi connectivity index (χ2n) is 4.01. The Morgan fingerprint density at radius 1 is 1.28 bits per heavy atom. The van der Waals surface area contributed by atoms with E-state index in [9.17, 15) is 4.79 Å². The highest BCUT2D eigenvalue weighted by atomic mass is 35.5. The summed E-state index contributed by atoms with van der Waals surface area (Å²) in [6, 6.07) is 13.0. The number of carbonyl (C=O) groups excluding carboxylic acids is 1. The number of amides is 1. The minimum atomic E-state index is -0.234.